The average Bonchev–Trinajstić information content (AvgIpc) is 2.53. The Hall–Kier alpha value is -0.500. The number of hydrogen-bond donors (Lipinski definition) is 1. The van der Waals surface area contributed by atoms with Gasteiger partial charge in [0.1, 0.15) is 5.76 Å². The maximum absolute atomic E-state index is 5.82. The Morgan fingerprint density at radius 2 is 1.67 bits per heavy atom. The van der Waals surface area contributed by atoms with Crippen molar-refractivity contribution >= 4 is 0 Å². The summed E-state index contributed by atoms with van der Waals surface area (Å²) in [6.45, 7) is 6.41. The molecule has 1 heterocycles. The summed E-state index contributed by atoms with van der Waals surface area (Å²) in [5, 5.41) is 3.58. The molecule has 2 heteroatoms. The van der Waals surface area contributed by atoms with Crippen molar-refractivity contribution in [2.45, 2.75) is 96.9 Å². The molecular weight excluding hydrogens is 258 g/mol. The molecule has 1 N–H and O–H groups in total. The van der Waals surface area contributed by atoms with Crippen LogP contribution in [-0.4, -0.2) is 19.2 Å². The first-order chi connectivity index (χ1) is 10.4. The Balaban J connectivity index is 2.04. The Morgan fingerprint density at radius 1 is 1.00 bits per heavy atom. The predicted octanol–water partition coefficient (Wildman–Crippen LogP) is 5.58. The van der Waals surface area contributed by atoms with Crippen molar-refractivity contribution in [3.63, 3.8) is 0 Å². The molecule has 0 spiro atoms. The summed E-state index contributed by atoms with van der Waals surface area (Å²) in [4.78, 5) is 0. The summed E-state index contributed by atoms with van der Waals surface area (Å²) in [5.74, 6) is 1.21. The Morgan fingerprint density at radius 3 is 2.24 bits per heavy atom. The van der Waals surface area contributed by atoms with Crippen LogP contribution < -0.4 is 5.32 Å². The van der Waals surface area contributed by atoms with Crippen LogP contribution in [0.25, 0.3) is 0 Å². The molecular formula is C19H37NO. The predicted molar refractivity (Wildman–Crippen MR) is 92.6 cm³/mol. The van der Waals surface area contributed by atoms with Gasteiger partial charge < -0.3 is 10.1 Å². The van der Waals surface area contributed by atoms with Crippen LogP contribution in [-0.2, 0) is 4.74 Å². The molecule has 1 aliphatic rings. The fourth-order valence-electron chi connectivity index (χ4n) is 3.07. The van der Waals surface area contributed by atoms with E-state index in [0.29, 0.717) is 6.04 Å². The zero-order chi connectivity index (χ0) is 15.2. The van der Waals surface area contributed by atoms with Crippen molar-refractivity contribution in [1.82, 2.24) is 5.32 Å². The molecule has 0 saturated carbocycles. The van der Waals surface area contributed by atoms with Gasteiger partial charge in [-0.25, -0.2) is 0 Å². The van der Waals surface area contributed by atoms with E-state index in [0.717, 1.165) is 13.2 Å². The lowest BCUT2D eigenvalue weighted by Gasteiger charge is -2.24. The van der Waals surface area contributed by atoms with E-state index in [2.05, 4.69) is 25.2 Å². The second kappa shape index (κ2) is 13.2. The quantitative estimate of drug-likeness (QED) is 0.448. The molecule has 0 bridgehead atoms. The highest BCUT2D eigenvalue weighted by Crippen LogP contribution is 2.19. The third-order valence-electron chi connectivity index (χ3n) is 4.35. The molecule has 21 heavy (non-hydrogen) atoms. The Labute approximate surface area is 132 Å². The van der Waals surface area contributed by atoms with Gasteiger partial charge in [-0.1, -0.05) is 71.6 Å². The fourth-order valence-corrected chi connectivity index (χ4v) is 3.07. The van der Waals surface area contributed by atoms with Crippen molar-refractivity contribution in [2.75, 3.05) is 13.2 Å². The van der Waals surface area contributed by atoms with E-state index in [1.165, 1.54) is 82.8 Å². The Bertz CT molecular complexity index is 262. The third kappa shape index (κ3) is 9.18. The molecule has 0 fully saturated rings. The lowest BCUT2D eigenvalue weighted by molar-refractivity contribution is 0.164. The van der Waals surface area contributed by atoms with Crippen LogP contribution in [0.15, 0.2) is 11.8 Å². The third-order valence-corrected chi connectivity index (χ3v) is 4.35. The molecule has 0 radical (unpaired) electrons. The first-order valence-electron chi connectivity index (χ1n) is 9.44. The van der Waals surface area contributed by atoms with E-state index >= 15 is 0 Å². The minimum atomic E-state index is 0.458. The lowest BCUT2D eigenvalue weighted by Crippen LogP contribution is -2.32. The molecule has 1 aliphatic heterocycles. The van der Waals surface area contributed by atoms with Gasteiger partial charge in [0.2, 0.25) is 0 Å². The zero-order valence-corrected chi connectivity index (χ0v) is 14.5. The van der Waals surface area contributed by atoms with E-state index in [1.54, 1.807) is 0 Å². The number of hydrogen-bond acceptors (Lipinski definition) is 2. The van der Waals surface area contributed by atoms with Gasteiger partial charge in [0.25, 0.3) is 0 Å². The molecule has 0 aromatic heterocycles. The molecule has 0 aliphatic carbocycles. The first kappa shape index (κ1) is 18.5. The van der Waals surface area contributed by atoms with E-state index in [4.69, 9.17) is 4.74 Å². The average molecular weight is 296 g/mol. The molecule has 1 atom stereocenters. The van der Waals surface area contributed by atoms with Gasteiger partial charge in [0.05, 0.1) is 12.6 Å². The van der Waals surface area contributed by atoms with Gasteiger partial charge in [-0.3, -0.25) is 0 Å². The molecule has 0 amide bonds. The largest absolute Gasteiger partial charge is 0.497 e. The second-order valence-electron chi connectivity index (χ2n) is 6.32. The monoisotopic (exact) mass is 295 g/mol. The zero-order valence-electron chi connectivity index (χ0n) is 14.5. The lowest BCUT2D eigenvalue weighted by atomic mass is 10.0. The van der Waals surface area contributed by atoms with Gasteiger partial charge in [-0.2, -0.15) is 0 Å². The first-order valence-corrected chi connectivity index (χ1v) is 9.44. The second-order valence-corrected chi connectivity index (χ2v) is 6.32. The number of likely N-dealkylation sites (N-methyl/N-ethyl adjacent to an activating group) is 1. The van der Waals surface area contributed by atoms with Crippen LogP contribution in [0.3, 0.4) is 0 Å². The molecule has 1 unspecified atom stereocenters. The van der Waals surface area contributed by atoms with Crippen molar-refractivity contribution < 1.29 is 4.74 Å². The van der Waals surface area contributed by atoms with E-state index in [-0.39, 0.29) is 0 Å². The van der Waals surface area contributed by atoms with Gasteiger partial charge in [0, 0.05) is 0 Å². The van der Waals surface area contributed by atoms with Crippen LogP contribution in [0, 0.1) is 0 Å². The smallest absolute Gasteiger partial charge is 0.109 e. The van der Waals surface area contributed by atoms with Crippen molar-refractivity contribution in [1.29, 1.82) is 0 Å². The van der Waals surface area contributed by atoms with Crippen LogP contribution >= 0.6 is 0 Å². The fraction of sp³-hybridized carbons (Fsp3) is 0.895. The van der Waals surface area contributed by atoms with E-state index < -0.39 is 0 Å². The highest BCUT2D eigenvalue weighted by Gasteiger charge is 2.16. The minimum absolute atomic E-state index is 0.458. The highest BCUT2D eigenvalue weighted by molar-refractivity contribution is 5.05. The molecule has 1 rings (SSSR count). The van der Waals surface area contributed by atoms with Crippen molar-refractivity contribution in [2.24, 2.45) is 0 Å². The number of ether oxygens (including phenoxy) is 1. The summed E-state index contributed by atoms with van der Waals surface area (Å²) in [6, 6.07) is 0.458. The Kier molecular flexibility index (Phi) is 11.6. The maximum atomic E-state index is 5.82. The molecule has 0 aromatic rings. The highest BCUT2D eigenvalue weighted by atomic mass is 16.5. The minimum Gasteiger partial charge on any atom is -0.497 e. The normalized spacial score (nSPS) is 16.4. The van der Waals surface area contributed by atoms with Gasteiger partial charge in [-0.15, -0.1) is 0 Å². The SMILES string of the molecule is CCCCCCCCCCCC(NCC)C1=CCCCO1. The maximum Gasteiger partial charge on any atom is 0.109 e. The number of allylic oxidation sites excluding steroid dienone is 1. The topological polar surface area (TPSA) is 21.3 Å². The molecule has 2 nitrogen and oxygen atoms in total. The van der Waals surface area contributed by atoms with Gasteiger partial charge >= 0.3 is 0 Å². The summed E-state index contributed by atoms with van der Waals surface area (Å²) in [5.41, 5.74) is 0. The number of unbranched alkanes of at least 4 members (excludes halogenated alkanes) is 8. The molecule has 0 saturated heterocycles. The van der Waals surface area contributed by atoms with Crippen LogP contribution in [0.1, 0.15) is 90.9 Å². The van der Waals surface area contributed by atoms with Crippen molar-refractivity contribution in [3.05, 3.63) is 11.8 Å². The van der Waals surface area contributed by atoms with Gasteiger partial charge in [-0.05, 0) is 31.9 Å². The number of rotatable bonds is 13. The number of nitrogens with one attached hydrogen (secondary N) is 1. The summed E-state index contributed by atoms with van der Waals surface area (Å²) >= 11 is 0. The molecule has 0 aromatic carbocycles. The van der Waals surface area contributed by atoms with E-state index in [1.807, 2.05) is 0 Å². The van der Waals surface area contributed by atoms with Crippen LogP contribution in [0.5, 0.6) is 0 Å². The van der Waals surface area contributed by atoms with Crippen molar-refractivity contribution in [3.8, 4) is 0 Å². The molecule has 124 valence electrons. The summed E-state index contributed by atoms with van der Waals surface area (Å²) < 4.78 is 5.82. The standard InChI is InChI=1S/C19H37NO/c1-3-5-6-7-8-9-10-11-12-15-18(20-4-2)19-16-13-14-17-21-19/h16,18,20H,3-15,17H2,1-2H3. The van der Waals surface area contributed by atoms with Gasteiger partial charge in [0.15, 0.2) is 0 Å². The van der Waals surface area contributed by atoms with E-state index in [9.17, 15) is 0 Å². The summed E-state index contributed by atoms with van der Waals surface area (Å²) in [7, 11) is 0. The van der Waals surface area contributed by atoms with Crippen LogP contribution in [0.4, 0.5) is 0 Å². The van der Waals surface area contributed by atoms with Crippen LogP contribution in [0.2, 0.25) is 0 Å². The summed E-state index contributed by atoms with van der Waals surface area (Å²) in [6.07, 6.45) is 18.5.